The van der Waals surface area contributed by atoms with Crippen LogP contribution >= 0.6 is 0 Å². The molecule has 0 unspecified atom stereocenters. The number of para-hydroxylation sites is 1. The van der Waals surface area contributed by atoms with Crippen molar-refractivity contribution in [1.82, 2.24) is 14.9 Å². The molecule has 140 valence electrons. The van der Waals surface area contributed by atoms with Crippen LogP contribution in [0, 0.1) is 0 Å². The lowest BCUT2D eigenvalue weighted by Gasteiger charge is -2.21. The molecule has 0 aliphatic carbocycles. The number of hydrogen-bond acceptors (Lipinski definition) is 4. The first-order valence-corrected chi connectivity index (χ1v) is 9.40. The maximum Gasteiger partial charge on any atom is 0.274 e. The van der Waals surface area contributed by atoms with Gasteiger partial charge in [0, 0.05) is 18.8 Å². The van der Waals surface area contributed by atoms with Crippen LogP contribution < -0.4 is 5.32 Å². The van der Waals surface area contributed by atoms with Crippen molar-refractivity contribution in [2.24, 2.45) is 0 Å². The first kappa shape index (κ1) is 19.9. The van der Waals surface area contributed by atoms with Gasteiger partial charge < -0.3 is 10.2 Å². The molecule has 0 atom stereocenters. The summed E-state index contributed by atoms with van der Waals surface area (Å²) in [6.07, 6.45) is 3.19. The van der Waals surface area contributed by atoms with Crippen LogP contribution in [0.5, 0.6) is 0 Å². The van der Waals surface area contributed by atoms with Crippen molar-refractivity contribution in [3.63, 3.8) is 0 Å². The van der Waals surface area contributed by atoms with Gasteiger partial charge in [0.25, 0.3) is 5.91 Å². The lowest BCUT2D eigenvalue weighted by atomic mass is 9.92. The van der Waals surface area contributed by atoms with Gasteiger partial charge in [-0.15, -0.1) is 0 Å². The van der Waals surface area contributed by atoms with E-state index in [1.807, 2.05) is 13.8 Å². The fourth-order valence-electron chi connectivity index (χ4n) is 3.00. The zero-order chi connectivity index (χ0) is 19.3. The molecule has 1 amide bonds. The van der Waals surface area contributed by atoms with Crippen molar-refractivity contribution in [3.05, 3.63) is 47.4 Å². The summed E-state index contributed by atoms with van der Waals surface area (Å²) in [6.45, 7) is 14.0. The molecule has 0 radical (unpaired) electrons. The smallest absolute Gasteiger partial charge is 0.274 e. The van der Waals surface area contributed by atoms with E-state index in [0.717, 1.165) is 5.69 Å². The Morgan fingerprint density at radius 2 is 1.58 bits per heavy atom. The number of anilines is 2. The number of hydrogen-bond donors (Lipinski definition) is 1. The predicted molar refractivity (Wildman–Crippen MR) is 107 cm³/mol. The number of nitrogens with one attached hydrogen (secondary N) is 1. The van der Waals surface area contributed by atoms with E-state index in [2.05, 4.69) is 61.2 Å². The average molecular weight is 354 g/mol. The van der Waals surface area contributed by atoms with E-state index < -0.39 is 0 Å². The zero-order valence-electron chi connectivity index (χ0n) is 16.7. The third-order valence-corrected chi connectivity index (χ3v) is 4.55. The van der Waals surface area contributed by atoms with Crippen LogP contribution in [0.25, 0.3) is 0 Å². The number of carbonyl (C=O) groups excluding carboxylic acids is 1. The van der Waals surface area contributed by atoms with Gasteiger partial charge in [0.15, 0.2) is 0 Å². The van der Waals surface area contributed by atoms with Gasteiger partial charge in [-0.1, -0.05) is 45.9 Å². The Labute approximate surface area is 156 Å². The van der Waals surface area contributed by atoms with E-state index >= 15 is 0 Å². The summed E-state index contributed by atoms with van der Waals surface area (Å²) < 4.78 is 0. The number of benzene rings is 1. The lowest BCUT2D eigenvalue weighted by Crippen LogP contribution is -2.31. The summed E-state index contributed by atoms with van der Waals surface area (Å²) in [5, 5.41) is 3.43. The third-order valence-electron chi connectivity index (χ3n) is 4.55. The number of carbonyl (C=O) groups is 1. The molecule has 0 fully saturated rings. The summed E-state index contributed by atoms with van der Waals surface area (Å²) in [6, 6.07) is 6.39. The van der Waals surface area contributed by atoms with Crippen molar-refractivity contribution in [3.8, 4) is 0 Å². The van der Waals surface area contributed by atoms with Crippen molar-refractivity contribution < 1.29 is 4.79 Å². The highest BCUT2D eigenvalue weighted by Crippen LogP contribution is 2.33. The first-order valence-electron chi connectivity index (χ1n) is 9.40. The van der Waals surface area contributed by atoms with Gasteiger partial charge in [-0.05, 0) is 36.8 Å². The molecule has 0 saturated carbocycles. The molecule has 26 heavy (non-hydrogen) atoms. The van der Waals surface area contributed by atoms with Gasteiger partial charge in [0.05, 0.1) is 12.4 Å². The minimum absolute atomic E-state index is 0.0838. The Kier molecular flexibility index (Phi) is 6.72. The molecule has 2 rings (SSSR count). The first-order chi connectivity index (χ1) is 12.4. The van der Waals surface area contributed by atoms with Gasteiger partial charge >= 0.3 is 0 Å². The topological polar surface area (TPSA) is 58.1 Å². The van der Waals surface area contributed by atoms with Gasteiger partial charge in [-0.2, -0.15) is 0 Å². The molecule has 5 nitrogen and oxygen atoms in total. The quantitative estimate of drug-likeness (QED) is 0.764. The van der Waals surface area contributed by atoms with Crippen molar-refractivity contribution >= 4 is 17.4 Å². The number of rotatable bonds is 7. The SMILES string of the molecule is CCN(CC)C(=O)c1cnc(Nc2c(C(C)C)cccc2C(C)C)cn1. The van der Waals surface area contributed by atoms with E-state index in [1.54, 1.807) is 17.3 Å². The Morgan fingerprint density at radius 1 is 1.00 bits per heavy atom. The predicted octanol–water partition coefficient (Wildman–Crippen LogP) is 4.95. The van der Waals surface area contributed by atoms with Crippen molar-refractivity contribution in [1.29, 1.82) is 0 Å². The molecule has 0 aliphatic rings. The molecule has 0 bridgehead atoms. The van der Waals surface area contributed by atoms with Crippen LogP contribution in [0.15, 0.2) is 30.6 Å². The standard InChI is InChI=1S/C21H30N4O/c1-7-25(8-2)21(26)18-12-23-19(13-22-18)24-20-16(14(3)4)10-9-11-17(20)15(5)6/h9-15H,7-8H2,1-6H3,(H,23,24). The molecule has 1 aromatic carbocycles. The van der Waals surface area contributed by atoms with Crippen LogP contribution in [-0.2, 0) is 0 Å². The van der Waals surface area contributed by atoms with E-state index in [1.165, 1.54) is 11.1 Å². The minimum atomic E-state index is -0.0838. The van der Waals surface area contributed by atoms with Crippen LogP contribution in [0.2, 0.25) is 0 Å². The Bertz CT molecular complexity index is 708. The monoisotopic (exact) mass is 354 g/mol. The molecule has 1 heterocycles. The molecular formula is C21H30N4O. The molecular weight excluding hydrogens is 324 g/mol. The summed E-state index contributed by atoms with van der Waals surface area (Å²) in [5.41, 5.74) is 3.97. The summed E-state index contributed by atoms with van der Waals surface area (Å²) >= 11 is 0. The van der Waals surface area contributed by atoms with E-state index in [-0.39, 0.29) is 5.91 Å². The van der Waals surface area contributed by atoms with Crippen molar-refractivity contribution in [2.45, 2.75) is 53.4 Å². The highest BCUT2D eigenvalue weighted by atomic mass is 16.2. The molecule has 0 saturated heterocycles. The van der Waals surface area contributed by atoms with Crippen LogP contribution in [0.1, 0.15) is 75.0 Å². The normalized spacial score (nSPS) is 11.1. The van der Waals surface area contributed by atoms with Crippen LogP contribution in [-0.4, -0.2) is 33.9 Å². The fourth-order valence-corrected chi connectivity index (χ4v) is 3.00. The maximum absolute atomic E-state index is 12.4. The number of nitrogens with zero attached hydrogens (tertiary/aromatic N) is 3. The van der Waals surface area contributed by atoms with E-state index in [4.69, 9.17) is 0 Å². The van der Waals surface area contributed by atoms with Gasteiger partial charge in [-0.25, -0.2) is 9.97 Å². The molecule has 2 aromatic rings. The summed E-state index contributed by atoms with van der Waals surface area (Å²) in [5.74, 6) is 1.36. The van der Waals surface area contributed by atoms with Crippen LogP contribution in [0.3, 0.4) is 0 Å². The molecule has 5 heteroatoms. The largest absolute Gasteiger partial charge is 0.338 e. The van der Waals surface area contributed by atoms with Gasteiger partial charge in [0.2, 0.25) is 0 Å². The summed E-state index contributed by atoms with van der Waals surface area (Å²) in [7, 11) is 0. The summed E-state index contributed by atoms with van der Waals surface area (Å²) in [4.78, 5) is 22.9. The zero-order valence-corrected chi connectivity index (χ0v) is 16.7. The van der Waals surface area contributed by atoms with Gasteiger partial charge in [-0.3, -0.25) is 4.79 Å². The minimum Gasteiger partial charge on any atom is -0.338 e. The van der Waals surface area contributed by atoms with E-state index in [9.17, 15) is 4.79 Å². The van der Waals surface area contributed by atoms with Crippen molar-refractivity contribution in [2.75, 3.05) is 18.4 Å². The number of aromatic nitrogens is 2. The highest BCUT2D eigenvalue weighted by Gasteiger charge is 2.16. The highest BCUT2D eigenvalue weighted by molar-refractivity contribution is 5.92. The lowest BCUT2D eigenvalue weighted by molar-refractivity contribution is 0.0766. The molecule has 0 spiro atoms. The second-order valence-electron chi connectivity index (χ2n) is 7.01. The second-order valence-corrected chi connectivity index (χ2v) is 7.01. The Morgan fingerprint density at radius 3 is 2.00 bits per heavy atom. The molecule has 1 N–H and O–H groups in total. The molecule has 1 aromatic heterocycles. The average Bonchev–Trinajstić information content (AvgIpc) is 2.63. The Balaban J connectivity index is 2.31. The third kappa shape index (κ3) is 4.40. The molecule has 0 aliphatic heterocycles. The van der Waals surface area contributed by atoms with Gasteiger partial charge in [0.1, 0.15) is 11.5 Å². The Hall–Kier alpha value is -2.43. The second kappa shape index (κ2) is 8.79. The van der Waals surface area contributed by atoms with Crippen LogP contribution in [0.4, 0.5) is 11.5 Å². The number of amides is 1. The van der Waals surface area contributed by atoms with E-state index in [0.29, 0.717) is 36.4 Å². The fraction of sp³-hybridized carbons (Fsp3) is 0.476. The maximum atomic E-state index is 12.4.